The van der Waals surface area contributed by atoms with Crippen LogP contribution >= 0.6 is 0 Å². The van der Waals surface area contributed by atoms with Crippen molar-refractivity contribution in [2.75, 3.05) is 5.32 Å². The third-order valence-electron chi connectivity index (χ3n) is 4.20. The quantitative estimate of drug-likeness (QED) is 0.940. The van der Waals surface area contributed by atoms with E-state index in [0.717, 1.165) is 23.1 Å². The Balaban J connectivity index is 1.80. The van der Waals surface area contributed by atoms with Crippen LogP contribution in [0.5, 0.6) is 0 Å². The number of hydrogen-bond donors (Lipinski definition) is 1. The van der Waals surface area contributed by atoms with Gasteiger partial charge in [0.25, 0.3) is 0 Å². The molecule has 0 bridgehead atoms. The Bertz CT molecular complexity index is 712. The largest absolute Gasteiger partial charge is 0.379 e. The van der Waals surface area contributed by atoms with Gasteiger partial charge in [-0.05, 0) is 53.3 Å². The number of anilines is 1. The summed E-state index contributed by atoms with van der Waals surface area (Å²) in [5, 5.41) is 3.18. The molecular formula is C18H19FN2O. The van der Waals surface area contributed by atoms with E-state index in [2.05, 4.69) is 17.2 Å². The molecule has 4 heteroatoms. The number of Topliss-reactive ketones (excluding diaryl/α,β-unsaturated/α-hetero) is 1. The summed E-state index contributed by atoms with van der Waals surface area (Å²) in [6.45, 7) is 2.65. The molecule has 0 atom stereocenters. The van der Waals surface area contributed by atoms with Crippen molar-refractivity contribution < 1.29 is 9.18 Å². The highest BCUT2D eigenvalue weighted by atomic mass is 19.1. The van der Waals surface area contributed by atoms with Crippen LogP contribution in [0.2, 0.25) is 0 Å². The molecule has 0 aliphatic heterocycles. The lowest BCUT2D eigenvalue weighted by molar-refractivity contribution is -0.118. The highest BCUT2D eigenvalue weighted by molar-refractivity contribution is 5.83. The molecule has 0 amide bonds. The van der Waals surface area contributed by atoms with E-state index in [1.807, 2.05) is 18.3 Å². The van der Waals surface area contributed by atoms with E-state index >= 15 is 0 Å². The normalized spacial score (nSPS) is 13.8. The van der Waals surface area contributed by atoms with Gasteiger partial charge in [-0.3, -0.25) is 9.78 Å². The predicted octanol–water partition coefficient (Wildman–Crippen LogP) is 3.45. The summed E-state index contributed by atoms with van der Waals surface area (Å²) in [5.41, 5.74) is 4.71. The van der Waals surface area contributed by atoms with Crippen LogP contribution in [0.25, 0.3) is 0 Å². The zero-order valence-electron chi connectivity index (χ0n) is 12.7. The number of pyridine rings is 1. The van der Waals surface area contributed by atoms with E-state index in [0.29, 0.717) is 31.5 Å². The summed E-state index contributed by atoms with van der Waals surface area (Å²) in [6, 6.07) is 5.31. The highest BCUT2D eigenvalue weighted by Gasteiger charge is 2.18. The molecule has 1 aliphatic rings. The summed E-state index contributed by atoms with van der Waals surface area (Å²) in [6.07, 6.45) is 6.13. The molecule has 0 radical (unpaired) electrons. The van der Waals surface area contributed by atoms with Crippen LogP contribution in [-0.2, 0) is 30.6 Å². The lowest BCUT2D eigenvalue weighted by Gasteiger charge is -2.18. The van der Waals surface area contributed by atoms with Crippen molar-refractivity contribution in [2.24, 2.45) is 0 Å². The van der Waals surface area contributed by atoms with E-state index in [9.17, 15) is 9.18 Å². The van der Waals surface area contributed by atoms with Crippen molar-refractivity contribution in [3.63, 3.8) is 0 Å². The first-order chi connectivity index (χ1) is 10.7. The Morgan fingerprint density at radius 1 is 1.23 bits per heavy atom. The molecule has 3 rings (SSSR count). The van der Waals surface area contributed by atoms with Crippen LogP contribution in [0.3, 0.4) is 0 Å². The third kappa shape index (κ3) is 3.01. The fourth-order valence-corrected chi connectivity index (χ4v) is 2.90. The number of hydrogen-bond acceptors (Lipinski definition) is 3. The highest BCUT2D eigenvalue weighted by Crippen LogP contribution is 2.26. The van der Waals surface area contributed by atoms with Gasteiger partial charge in [-0.25, -0.2) is 4.39 Å². The zero-order chi connectivity index (χ0) is 15.5. The number of aryl methyl sites for hydroxylation is 2. The molecule has 1 heterocycles. The molecule has 0 fully saturated rings. The average molecular weight is 298 g/mol. The molecule has 114 valence electrons. The van der Waals surface area contributed by atoms with Gasteiger partial charge in [0.15, 0.2) is 0 Å². The van der Waals surface area contributed by atoms with Crippen molar-refractivity contribution in [1.29, 1.82) is 0 Å². The van der Waals surface area contributed by atoms with Gasteiger partial charge in [0, 0.05) is 31.8 Å². The third-order valence-corrected chi connectivity index (χ3v) is 4.20. The van der Waals surface area contributed by atoms with E-state index in [1.54, 1.807) is 6.20 Å². The van der Waals surface area contributed by atoms with Crippen molar-refractivity contribution in [2.45, 2.75) is 39.2 Å². The van der Waals surface area contributed by atoms with Crippen LogP contribution in [0, 0.1) is 5.82 Å². The summed E-state index contributed by atoms with van der Waals surface area (Å²) in [5.74, 6) is -0.0995. The van der Waals surface area contributed by atoms with Gasteiger partial charge < -0.3 is 5.32 Å². The lowest BCUT2D eigenvalue weighted by Crippen LogP contribution is -2.14. The molecule has 1 aliphatic carbocycles. The first-order valence-corrected chi connectivity index (χ1v) is 7.66. The van der Waals surface area contributed by atoms with Crippen molar-refractivity contribution >= 4 is 11.5 Å². The van der Waals surface area contributed by atoms with Crippen LogP contribution in [0.4, 0.5) is 10.1 Å². The zero-order valence-corrected chi connectivity index (χ0v) is 12.7. The fraction of sp³-hybridized carbons (Fsp3) is 0.333. The molecule has 1 aromatic heterocycles. The summed E-state index contributed by atoms with van der Waals surface area (Å²) in [4.78, 5) is 15.6. The summed E-state index contributed by atoms with van der Waals surface area (Å²) < 4.78 is 14.2. The number of carbonyl (C=O) groups excluding carboxylic acids is 1. The van der Waals surface area contributed by atoms with E-state index in [4.69, 9.17) is 0 Å². The smallest absolute Gasteiger partial charge is 0.146 e. The minimum atomic E-state index is -0.291. The number of rotatable bonds is 4. The summed E-state index contributed by atoms with van der Waals surface area (Å²) >= 11 is 0. The minimum absolute atomic E-state index is 0.192. The fourth-order valence-electron chi connectivity index (χ4n) is 2.90. The molecule has 0 saturated heterocycles. The predicted molar refractivity (Wildman–Crippen MR) is 84.4 cm³/mol. The Labute approximate surface area is 129 Å². The van der Waals surface area contributed by atoms with Crippen molar-refractivity contribution in [3.05, 3.63) is 58.7 Å². The Morgan fingerprint density at radius 3 is 2.91 bits per heavy atom. The number of nitrogens with zero attached hydrogens (tertiary/aromatic N) is 1. The molecule has 2 aromatic rings. The van der Waals surface area contributed by atoms with Gasteiger partial charge in [0.2, 0.25) is 0 Å². The molecule has 3 nitrogen and oxygen atoms in total. The number of nitrogens with one attached hydrogen (secondary N) is 1. The SMILES string of the molecule is CCc1cnccc1CNc1cc2c(cc1F)CC(=O)CC2. The molecular weight excluding hydrogens is 279 g/mol. The monoisotopic (exact) mass is 298 g/mol. The standard InChI is InChI=1S/C18H19FN2O/c1-2-12-10-20-6-5-14(12)11-21-18-9-13-3-4-16(22)7-15(13)8-17(18)19/h5-6,8-10,21H,2-4,7,11H2,1H3. The van der Waals surface area contributed by atoms with Crippen molar-refractivity contribution in [3.8, 4) is 0 Å². The number of halogens is 1. The Morgan fingerprint density at radius 2 is 2.09 bits per heavy atom. The van der Waals surface area contributed by atoms with Gasteiger partial charge in [0.1, 0.15) is 11.6 Å². The van der Waals surface area contributed by atoms with E-state index in [1.165, 1.54) is 11.6 Å². The van der Waals surface area contributed by atoms with Gasteiger partial charge in [-0.15, -0.1) is 0 Å². The Kier molecular flexibility index (Phi) is 4.18. The second kappa shape index (κ2) is 6.26. The first kappa shape index (κ1) is 14.7. The summed E-state index contributed by atoms with van der Waals surface area (Å²) in [7, 11) is 0. The molecule has 22 heavy (non-hydrogen) atoms. The van der Waals surface area contributed by atoms with Gasteiger partial charge in [0.05, 0.1) is 5.69 Å². The number of benzene rings is 1. The maximum absolute atomic E-state index is 14.2. The second-order valence-corrected chi connectivity index (χ2v) is 5.67. The maximum atomic E-state index is 14.2. The lowest BCUT2D eigenvalue weighted by atomic mass is 9.90. The first-order valence-electron chi connectivity index (χ1n) is 7.66. The molecule has 0 spiro atoms. The average Bonchev–Trinajstić information content (AvgIpc) is 2.53. The van der Waals surface area contributed by atoms with Gasteiger partial charge in [-0.2, -0.15) is 0 Å². The topological polar surface area (TPSA) is 42.0 Å². The van der Waals surface area contributed by atoms with Crippen molar-refractivity contribution in [1.82, 2.24) is 4.98 Å². The number of fused-ring (bicyclic) bond motifs is 1. The maximum Gasteiger partial charge on any atom is 0.146 e. The van der Waals surface area contributed by atoms with Crippen LogP contribution in [0.1, 0.15) is 35.6 Å². The Hall–Kier alpha value is -2.23. The number of ketones is 1. The van der Waals surface area contributed by atoms with Gasteiger partial charge >= 0.3 is 0 Å². The second-order valence-electron chi connectivity index (χ2n) is 5.67. The van der Waals surface area contributed by atoms with Crippen LogP contribution in [-0.4, -0.2) is 10.8 Å². The molecule has 0 saturated carbocycles. The van der Waals surface area contributed by atoms with E-state index in [-0.39, 0.29) is 11.6 Å². The van der Waals surface area contributed by atoms with Crippen LogP contribution in [0.15, 0.2) is 30.6 Å². The van der Waals surface area contributed by atoms with E-state index < -0.39 is 0 Å². The van der Waals surface area contributed by atoms with Gasteiger partial charge in [-0.1, -0.05) is 6.92 Å². The molecule has 0 unspecified atom stereocenters. The van der Waals surface area contributed by atoms with Crippen LogP contribution < -0.4 is 5.32 Å². The molecule has 1 aromatic carbocycles. The molecule has 1 N–H and O–H groups in total. The minimum Gasteiger partial charge on any atom is -0.379 e. The number of aromatic nitrogens is 1. The number of carbonyl (C=O) groups is 1.